The first kappa shape index (κ1) is 16.6. The Labute approximate surface area is 154 Å². The first-order chi connectivity index (χ1) is 12.8. The van der Waals surface area contributed by atoms with E-state index in [1.165, 1.54) is 11.1 Å². The molecule has 26 heavy (non-hydrogen) atoms. The van der Waals surface area contributed by atoms with Crippen LogP contribution in [-0.2, 0) is 17.8 Å². The van der Waals surface area contributed by atoms with E-state index in [1.54, 1.807) is 0 Å². The van der Waals surface area contributed by atoms with Crippen LogP contribution in [0.5, 0.6) is 0 Å². The minimum absolute atomic E-state index is 0.0155. The Morgan fingerprint density at radius 1 is 0.808 bits per heavy atom. The maximum atomic E-state index is 13.2. The molecule has 1 aliphatic heterocycles. The average molecular weight is 342 g/mol. The van der Waals surface area contributed by atoms with Gasteiger partial charge in [-0.25, -0.2) is 0 Å². The van der Waals surface area contributed by atoms with Crippen molar-refractivity contribution < 1.29 is 4.79 Å². The van der Waals surface area contributed by atoms with E-state index in [9.17, 15) is 4.79 Å². The number of carbonyl (C=O) groups is 1. The van der Waals surface area contributed by atoms with E-state index in [0.717, 1.165) is 30.8 Å². The second-order valence-electron chi connectivity index (χ2n) is 6.66. The predicted molar refractivity (Wildman–Crippen MR) is 105 cm³/mol. The fraction of sp³-hybridized carbons (Fsp3) is 0.174. The van der Waals surface area contributed by atoms with Gasteiger partial charge in [0.25, 0.3) is 0 Å². The van der Waals surface area contributed by atoms with E-state index in [-0.39, 0.29) is 11.9 Å². The van der Waals surface area contributed by atoms with Crippen LogP contribution in [-0.4, -0.2) is 17.4 Å². The summed E-state index contributed by atoms with van der Waals surface area (Å²) in [5.41, 5.74) is 4.56. The maximum absolute atomic E-state index is 13.2. The number of benzene rings is 3. The molecule has 0 aromatic heterocycles. The molecule has 1 N–H and O–H groups in total. The fourth-order valence-electron chi connectivity index (χ4n) is 3.63. The zero-order valence-corrected chi connectivity index (χ0v) is 14.6. The second kappa shape index (κ2) is 7.54. The topological polar surface area (TPSA) is 32.3 Å². The summed E-state index contributed by atoms with van der Waals surface area (Å²) in [5.74, 6) is 0.0155. The van der Waals surface area contributed by atoms with Crippen LogP contribution in [0.15, 0.2) is 84.9 Å². The van der Waals surface area contributed by atoms with Crippen molar-refractivity contribution in [1.29, 1.82) is 0 Å². The first-order valence-electron chi connectivity index (χ1n) is 9.03. The number of rotatable bonds is 4. The zero-order valence-electron chi connectivity index (χ0n) is 14.6. The Morgan fingerprint density at radius 3 is 2.15 bits per heavy atom. The lowest BCUT2D eigenvalue weighted by Crippen LogP contribution is -2.40. The number of hydrogen-bond acceptors (Lipinski definition) is 2. The van der Waals surface area contributed by atoms with Crippen molar-refractivity contribution in [3.8, 4) is 0 Å². The van der Waals surface area contributed by atoms with Gasteiger partial charge in [-0.05, 0) is 35.2 Å². The predicted octanol–water partition coefficient (Wildman–Crippen LogP) is 4.42. The second-order valence-corrected chi connectivity index (χ2v) is 6.66. The molecule has 1 heterocycles. The molecule has 3 nitrogen and oxygen atoms in total. The molecular formula is C23H22N2O. The highest BCUT2D eigenvalue weighted by Gasteiger charge is 2.30. The molecule has 1 atom stereocenters. The summed E-state index contributed by atoms with van der Waals surface area (Å²) in [7, 11) is 0. The number of para-hydroxylation sites is 1. The van der Waals surface area contributed by atoms with Crippen molar-refractivity contribution in [2.45, 2.75) is 19.0 Å². The van der Waals surface area contributed by atoms with Crippen molar-refractivity contribution in [2.75, 3.05) is 11.9 Å². The monoisotopic (exact) mass is 342 g/mol. The summed E-state index contributed by atoms with van der Waals surface area (Å²) in [4.78, 5) is 15.4. The van der Waals surface area contributed by atoms with Crippen LogP contribution < -0.4 is 5.32 Å². The molecule has 1 aliphatic rings. The third-order valence-corrected chi connectivity index (χ3v) is 4.93. The van der Waals surface area contributed by atoms with Gasteiger partial charge in [0, 0.05) is 18.8 Å². The molecule has 0 saturated carbocycles. The van der Waals surface area contributed by atoms with E-state index in [0.29, 0.717) is 0 Å². The first-order valence-corrected chi connectivity index (χ1v) is 9.03. The molecule has 1 unspecified atom stereocenters. The number of nitrogens with one attached hydrogen (secondary N) is 1. The van der Waals surface area contributed by atoms with Gasteiger partial charge in [-0.2, -0.15) is 0 Å². The number of nitrogens with zero attached hydrogens (tertiary/aromatic N) is 1. The van der Waals surface area contributed by atoms with Crippen LogP contribution >= 0.6 is 0 Å². The molecule has 0 saturated heterocycles. The Kier molecular flexibility index (Phi) is 4.80. The lowest BCUT2D eigenvalue weighted by atomic mass is 9.96. The van der Waals surface area contributed by atoms with Gasteiger partial charge in [0.05, 0.1) is 0 Å². The van der Waals surface area contributed by atoms with Crippen LogP contribution in [0.1, 0.15) is 22.7 Å². The van der Waals surface area contributed by atoms with Crippen LogP contribution in [0.2, 0.25) is 0 Å². The quantitative estimate of drug-likeness (QED) is 0.761. The highest BCUT2D eigenvalue weighted by Crippen LogP contribution is 2.29. The minimum atomic E-state index is -0.301. The summed E-state index contributed by atoms with van der Waals surface area (Å²) in [6.07, 6.45) is 0.970. The van der Waals surface area contributed by atoms with Gasteiger partial charge in [0.15, 0.2) is 0 Å². The number of amides is 1. The largest absolute Gasteiger partial charge is 0.324 e. The molecule has 0 aliphatic carbocycles. The highest BCUT2D eigenvalue weighted by molar-refractivity contribution is 5.95. The molecule has 1 amide bonds. The summed E-state index contributed by atoms with van der Waals surface area (Å²) in [6, 6.07) is 27.9. The standard InChI is InChI=1S/C23H22N2O/c26-23(24-21-13-5-2-6-14-21)22(19-10-3-1-4-11-19)25-16-15-18-9-7-8-12-20(18)17-25/h1-14,22H,15-17H2,(H,24,26). The van der Waals surface area contributed by atoms with Crippen molar-refractivity contribution >= 4 is 11.6 Å². The summed E-state index contributed by atoms with van der Waals surface area (Å²) < 4.78 is 0. The van der Waals surface area contributed by atoms with E-state index < -0.39 is 0 Å². The van der Waals surface area contributed by atoms with Gasteiger partial charge in [-0.15, -0.1) is 0 Å². The Hall–Kier alpha value is -2.91. The van der Waals surface area contributed by atoms with Gasteiger partial charge in [0.1, 0.15) is 6.04 Å². The number of hydrogen-bond donors (Lipinski definition) is 1. The maximum Gasteiger partial charge on any atom is 0.246 e. The highest BCUT2D eigenvalue weighted by atomic mass is 16.2. The summed E-state index contributed by atoms with van der Waals surface area (Å²) in [5, 5.41) is 3.08. The van der Waals surface area contributed by atoms with E-state index in [2.05, 4.69) is 34.5 Å². The van der Waals surface area contributed by atoms with Crippen molar-refractivity contribution in [3.05, 3.63) is 102 Å². The van der Waals surface area contributed by atoms with Crippen LogP contribution in [0, 0.1) is 0 Å². The van der Waals surface area contributed by atoms with Gasteiger partial charge in [-0.1, -0.05) is 72.8 Å². The van der Waals surface area contributed by atoms with Crippen LogP contribution in [0.25, 0.3) is 0 Å². The molecule has 4 rings (SSSR count). The number of anilines is 1. The lowest BCUT2D eigenvalue weighted by Gasteiger charge is -2.35. The number of carbonyl (C=O) groups excluding carboxylic acids is 1. The van der Waals surface area contributed by atoms with E-state index >= 15 is 0 Å². The Balaban J connectivity index is 1.63. The third-order valence-electron chi connectivity index (χ3n) is 4.93. The van der Waals surface area contributed by atoms with Gasteiger partial charge in [-0.3, -0.25) is 9.69 Å². The van der Waals surface area contributed by atoms with Crippen LogP contribution in [0.3, 0.4) is 0 Å². The Morgan fingerprint density at radius 2 is 1.42 bits per heavy atom. The van der Waals surface area contributed by atoms with Crippen LogP contribution in [0.4, 0.5) is 5.69 Å². The molecule has 3 aromatic carbocycles. The normalized spacial score (nSPS) is 15.1. The minimum Gasteiger partial charge on any atom is -0.324 e. The molecule has 0 bridgehead atoms. The molecule has 3 heteroatoms. The molecule has 0 radical (unpaired) electrons. The number of fused-ring (bicyclic) bond motifs is 1. The smallest absolute Gasteiger partial charge is 0.246 e. The van der Waals surface area contributed by atoms with Crippen molar-refractivity contribution in [3.63, 3.8) is 0 Å². The van der Waals surface area contributed by atoms with E-state index in [4.69, 9.17) is 0 Å². The van der Waals surface area contributed by atoms with Gasteiger partial charge in [0.2, 0.25) is 5.91 Å². The van der Waals surface area contributed by atoms with Crippen molar-refractivity contribution in [2.24, 2.45) is 0 Å². The Bertz CT molecular complexity index is 877. The third kappa shape index (κ3) is 3.53. The SMILES string of the molecule is O=C(Nc1ccccc1)C(c1ccccc1)N1CCc2ccccc2C1. The molecule has 0 spiro atoms. The molecule has 130 valence electrons. The van der Waals surface area contributed by atoms with E-state index in [1.807, 2.05) is 60.7 Å². The molecule has 3 aromatic rings. The zero-order chi connectivity index (χ0) is 17.8. The van der Waals surface area contributed by atoms with Gasteiger partial charge >= 0.3 is 0 Å². The molecule has 0 fully saturated rings. The summed E-state index contributed by atoms with van der Waals surface area (Å²) >= 11 is 0. The average Bonchev–Trinajstić information content (AvgIpc) is 2.70. The van der Waals surface area contributed by atoms with Crippen molar-refractivity contribution in [1.82, 2.24) is 4.90 Å². The fourth-order valence-corrected chi connectivity index (χ4v) is 3.63. The lowest BCUT2D eigenvalue weighted by molar-refractivity contribution is -0.122. The molecular weight excluding hydrogens is 320 g/mol. The van der Waals surface area contributed by atoms with Gasteiger partial charge < -0.3 is 5.32 Å². The summed E-state index contributed by atoms with van der Waals surface area (Å²) in [6.45, 7) is 1.66.